The van der Waals surface area contributed by atoms with E-state index in [9.17, 15) is 14.4 Å². The molecular weight excluding hydrogens is 380 g/mol. The van der Waals surface area contributed by atoms with Gasteiger partial charge < -0.3 is 10.1 Å². The van der Waals surface area contributed by atoms with E-state index in [4.69, 9.17) is 4.74 Å². The normalized spacial score (nSPS) is 11.0. The lowest BCUT2D eigenvalue weighted by Gasteiger charge is -2.10. The Balaban J connectivity index is 1.78. The highest BCUT2D eigenvalue weighted by atomic mass is 32.1. The number of anilines is 1. The number of carbonyl (C=O) groups excluding carboxylic acids is 2. The Hall–Kier alpha value is -3.07. The van der Waals surface area contributed by atoms with Gasteiger partial charge in [-0.1, -0.05) is 44.2 Å². The average molecular weight is 400 g/mol. The summed E-state index contributed by atoms with van der Waals surface area (Å²) in [5.74, 6) is -0.630. The highest BCUT2D eigenvalue weighted by Gasteiger charge is 2.16. The van der Waals surface area contributed by atoms with E-state index in [1.54, 1.807) is 31.2 Å². The first kappa shape index (κ1) is 19.7. The quantitative estimate of drug-likeness (QED) is 0.638. The monoisotopic (exact) mass is 400 g/mol. The van der Waals surface area contributed by atoms with Gasteiger partial charge in [-0.3, -0.25) is 9.59 Å². The number of ether oxygens (including phenoxy) is 1. The second-order valence-electron chi connectivity index (χ2n) is 6.40. The number of hydrogen-bond donors (Lipinski definition) is 1. The van der Waals surface area contributed by atoms with E-state index < -0.39 is 5.97 Å². The molecule has 0 saturated heterocycles. The Bertz CT molecular complexity index is 1090. The number of carbonyl (C=O) groups is 2. The van der Waals surface area contributed by atoms with Gasteiger partial charge in [-0.15, -0.1) is 0 Å². The van der Waals surface area contributed by atoms with Crippen LogP contribution in [0.1, 0.15) is 54.2 Å². The van der Waals surface area contributed by atoms with Crippen molar-refractivity contribution in [2.45, 2.75) is 39.7 Å². The van der Waals surface area contributed by atoms with Crippen molar-refractivity contribution in [3.05, 3.63) is 57.0 Å². The minimum Gasteiger partial charge on any atom is -0.456 e. The molecule has 0 bridgehead atoms. The summed E-state index contributed by atoms with van der Waals surface area (Å²) in [6.07, 6.45) is 0.296. The molecule has 1 amide bonds. The van der Waals surface area contributed by atoms with Crippen molar-refractivity contribution in [3.63, 3.8) is 0 Å². The molecule has 3 rings (SSSR count). The number of esters is 1. The molecule has 0 spiro atoms. The van der Waals surface area contributed by atoms with E-state index in [1.165, 1.54) is 21.9 Å². The number of nitrogens with zero attached hydrogens (tertiary/aromatic N) is 3. The first-order valence-corrected chi connectivity index (χ1v) is 9.66. The van der Waals surface area contributed by atoms with Crippen LogP contribution in [0.4, 0.5) is 5.69 Å². The minimum atomic E-state index is -0.610. The SMILES string of the molecule is CCC(=O)Nc1ccccc1C(=O)OCc1cc(=O)n2nc(C(C)C)sc2n1. The molecule has 0 unspecified atom stereocenters. The van der Waals surface area contributed by atoms with Gasteiger partial charge in [-0.05, 0) is 12.1 Å². The van der Waals surface area contributed by atoms with Crippen LogP contribution in [0.5, 0.6) is 0 Å². The standard InChI is InChI=1S/C19H20N4O4S/c1-4-15(24)21-14-8-6-5-7-13(14)18(26)27-10-12-9-16(25)23-19(20-12)28-17(22-23)11(2)3/h5-9,11H,4,10H2,1-3H3,(H,21,24). The predicted molar refractivity (Wildman–Crippen MR) is 106 cm³/mol. The predicted octanol–water partition coefficient (Wildman–Crippen LogP) is 2.98. The molecule has 3 aromatic rings. The molecule has 0 atom stereocenters. The Morgan fingerprint density at radius 2 is 2.04 bits per heavy atom. The number of rotatable bonds is 6. The Labute approximate surface area is 165 Å². The van der Waals surface area contributed by atoms with Crippen molar-refractivity contribution in [1.82, 2.24) is 14.6 Å². The second-order valence-corrected chi connectivity index (χ2v) is 7.39. The van der Waals surface area contributed by atoms with Gasteiger partial charge in [-0.25, -0.2) is 9.78 Å². The van der Waals surface area contributed by atoms with Gasteiger partial charge in [0.2, 0.25) is 10.9 Å². The maximum Gasteiger partial charge on any atom is 0.340 e. The largest absolute Gasteiger partial charge is 0.456 e. The van der Waals surface area contributed by atoms with Crippen molar-refractivity contribution >= 4 is 33.9 Å². The van der Waals surface area contributed by atoms with E-state index in [1.807, 2.05) is 13.8 Å². The fourth-order valence-electron chi connectivity index (χ4n) is 2.40. The summed E-state index contributed by atoms with van der Waals surface area (Å²) < 4.78 is 6.56. The zero-order valence-electron chi connectivity index (χ0n) is 15.8. The van der Waals surface area contributed by atoms with Crippen LogP contribution in [0, 0.1) is 0 Å². The average Bonchev–Trinajstić information content (AvgIpc) is 3.11. The lowest BCUT2D eigenvalue weighted by molar-refractivity contribution is -0.115. The van der Waals surface area contributed by atoms with Crippen molar-refractivity contribution in [2.75, 3.05) is 5.32 Å². The number of fused-ring (bicyclic) bond motifs is 1. The molecular formula is C19H20N4O4S. The van der Waals surface area contributed by atoms with E-state index >= 15 is 0 Å². The summed E-state index contributed by atoms with van der Waals surface area (Å²) in [6, 6.07) is 7.89. The van der Waals surface area contributed by atoms with Gasteiger partial charge in [0.05, 0.1) is 16.9 Å². The molecule has 2 aromatic heterocycles. The van der Waals surface area contributed by atoms with E-state index in [0.717, 1.165) is 5.01 Å². The van der Waals surface area contributed by atoms with E-state index in [0.29, 0.717) is 22.8 Å². The molecule has 0 aliphatic heterocycles. The lowest BCUT2D eigenvalue weighted by Crippen LogP contribution is -2.17. The molecule has 28 heavy (non-hydrogen) atoms. The topological polar surface area (TPSA) is 103 Å². The van der Waals surface area contributed by atoms with Crippen molar-refractivity contribution in [2.24, 2.45) is 0 Å². The van der Waals surface area contributed by atoms with Crippen molar-refractivity contribution in [1.29, 1.82) is 0 Å². The van der Waals surface area contributed by atoms with Crippen LogP contribution >= 0.6 is 11.3 Å². The molecule has 1 aromatic carbocycles. The van der Waals surface area contributed by atoms with Gasteiger partial charge >= 0.3 is 5.97 Å². The van der Waals surface area contributed by atoms with Crippen LogP contribution in [0.25, 0.3) is 4.96 Å². The van der Waals surface area contributed by atoms with E-state index in [-0.39, 0.29) is 29.6 Å². The van der Waals surface area contributed by atoms with Crippen LogP contribution < -0.4 is 10.9 Å². The summed E-state index contributed by atoms with van der Waals surface area (Å²) in [5.41, 5.74) is 0.635. The first-order chi connectivity index (χ1) is 13.4. The van der Waals surface area contributed by atoms with Gasteiger partial charge in [0.25, 0.3) is 5.56 Å². The third kappa shape index (κ3) is 4.25. The lowest BCUT2D eigenvalue weighted by atomic mass is 10.1. The van der Waals surface area contributed by atoms with Crippen LogP contribution in [-0.2, 0) is 16.1 Å². The Morgan fingerprint density at radius 1 is 1.29 bits per heavy atom. The molecule has 0 aliphatic carbocycles. The molecule has 0 saturated carbocycles. The van der Waals surface area contributed by atoms with Crippen LogP contribution in [0.2, 0.25) is 0 Å². The highest BCUT2D eigenvalue weighted by Crippen LogP contribution is 2.20. The highest BCUT2D eigenvalue weighted by molar-refractivity contribution is 7.16. The maximum atomic E-state index is 12.5. The molecule has 9 heteroatoms. The maximum absolute atomic E-state index is 12.5. The Morgan fingerprint density at radius 3 is 2.75 bits per heavy atom. The molecule has 146 valence electrons. The zero-order valence-corrected chi connectivity index (χ0v) is 16.6. The number of amides is 1. The zero-order chi connectivity index (χ0) is 20.3. The molecule has 0 aliphatic rings. The van der Waals surface area contributed by atoms with Gasteiger partial charge in [0, 0.05) is 18.4 Å². The molecule has 8 nitrogen and oxygen atoms in total. The van der Waals surface area contributed by atoms with Crippen LogP contribution in [-0.4, -0.2) is 26.5 Å². The Kier molecular flexibility index (Phi) is 5.84. The number of nitrogens with one attached hydrogen (secondary N) is 1. The third-order valence-electron chi connectivity index (χ3n) is 3.90. The van der Waals surface area contributed by atoms with Gasteiger partial charge in [-0.2, -0.15) is 9.61 Å². The summed E-state index contributed by atoms with van der Waals surface area (Å²) >= 11 is 1.33. The third-order valence-corrected chi connectivity index (χ3v) is 5.11. The minimum absolute atomic E-state index is 0.157. The molecule has 2 heterocycles. The summed E-state index contributed by atoms with van der Waals surface area (Å²) in [7, 11) is 0. The summed E-state index contributed by atoms with van der Waals surface area (Å²) in [6.45, 7) is 5.54. The van der Waals surface area contributed by atoms with Crippen molar-refractivity contribution in [3.8, 4) is 0 Å². The number of para-hydroxylation sites is 1. The molecule has 0 radical (unpaired) electrons. The number of aromatic nitrogens is 3. The van der Waals surface area contributed by atoms with Gasteiger partial charge in [0.15, 0.2) is 0 Å². The van der Waals surface area contributed by atoms with Crippen LogP contribution in [0.15, 0.2) is 35.1 Å². The van der Waals surface area contributed by atoms with Crippen molar-refractivity contribution < 1.29 is 14.3 Å². The smallest absolute Gasteiger partial charge is 0.340 e. The fraction of sp³-hybridized carbons (Fsp3) is 0.316. The molecule has 1 N–H and O–H groups in total. The second kappa shape index (κ2) is 8.30. The first-order valence-electron chi connectivity index (χ1n) is 8.84. The number of benzene rings is 1. The fourth-order valence-corrected chi connectivity index (χ4v) is 3.33. The number of hydrogen-bond acceptors (Lipinski definition) is 7. The molecule has 0 fully saturated rings. The summed E-state index contributed by atoms with van der Waals surface area (Å²) in [5, 5.41) is 7.73. The van der Waals surface area contributed by atoms with Crippen LogP contribution in [0.3, 0.4) is 0 Å². The van der Waals surface area contributed by atoms with Gasteiger partial charge in [0.1, 0.15) is 11.6 Å². The van der Waals surface area contributed by atoms with E-state index in [2.05, 4.69) is 15.4 Å². The summed E-state index contributed by atoms with van der Waals surface area (Å²) in [4.78, 5) is 41.1.